The Morgan fingerprint density at radius 2 is 1.79 bits per heavy atom. The highest BCUT2D eigenvalue weighted by atomic mass is 32.1. The van der Waals surface area contributed by atoms with E-state index in [-0.39, 0.29) is 6.04 Å². The monoisotopic (exact) mass is 472 g/mol. The van der Waals surface area contributed by atoms with Gasteiger partial charge in [-0.15, -0.1) is 0 Å². The van der Waals surface area contributed by atoms with Crippen LogP contribution >= 0.6 is 11.3 Å². The van der Waals surface area contributed by atoms with Crippen molar-refractivity contribution in [3.8, 4) is 0 Å². The topological polar surface area (TPSA) is 77.2 Å². The summed E-state index contributed by atoms with van der Waals surface area (Å²) in [5.41, 5.74) is 6.08. The van der Waals surface area contributed by atoms with Crippen LogP contribution in [0.25, 0.3) is 10.9 Å². The molecule has 0 saturated heterocycles. The molecule has 2 aromatic carbocycles. The Kier molecular flexibility index (Phi) is 6.74. The molecule has 1 aliphatic heterocycles. The number of thiophene rings is 1. The van der Waals surface area contributed by atoms with E-state index in [0.29, 0.717) is 19.5 Å². The Bertz CT molecular complexity index is 1280. The number of nitrogens with one attached hydrogen (secondary N) is 3. The summed E-state index contributed by atoms with van der Waals surface area (Å²) in [5.74, 6) is -1.18. The van der Waals surface area contributed by atoms with Crippen LogP contribution in [-0.4, -0.2) is 41.3 Å². The number of fused-ring (bicyclic) bond motifs is 2. The molecule has 0 spiro atoms. The summed E-state index contributed by atoms with van der Waals surface area (Å²) in [6.07, 6.45) is 3.60. The van der Waals surface area contributed by atoms with Gasteiger partial charge >= 0.3 is 11.8 Å². The first-order valence-corrected chi connectivity index (χ1v) is 12.6. The Hall–Kier alpha value is -3.42. The third-order valence-electron chi connectivity index (χ3n) is 6.55. The van der Waals surface area contributed by atoms with Gasteiger partial charge in [-0.2, -0.15) is 11.3 Å². The average Bonchev–Trinajstić information content (AvgIpc) is 3.55. The molecule has 0 saturated carbocycles. The van der Waals surface area contributed by atoms with E-state index in [2.05, 4.69) is 67.7 Å². The molecule has 1 atom stereocenters. The molecule has 3 N–H and O–H groups in total. The number of carbonyl (C=O) groups is 2. The maximum Gasteiger partial charge on any atom is 0.309 e. The second-order valence-electron chi connectivity index (χ2n) is 8.64. The third kappa shape index (κ3) is 4.90. The van der Waals surface area contributed by atoms with Gasteiger partial charge in [-0.3, -0.25) is 14.5 Å². The van der Waals surface area contributed by atoms with Crippen molar-refractivity contribution in [3.05, 3.63) is 93.8 Å². The quantitative estimate of drug-likeness (QED) is 0.358. The second kappa shape index (κ2) is 10.2. The van der Waals surface area contributed by atoms with Gasteiger partial charge in [0.05, 0.1) is 6.04 Å². The van der Waals surface area contributed by atoms with Crippen molar-refractivity contribution in [2.75, 3.05) is 19.6 Å². The van der Waals surface area contributed by atoms with E-state index < -0.39 is 11.8 Å². The van der Waals surface area contributed by atoms with Crippen LogP contribution < -0.4 is 10.6 Å². The first-order chi connectivity index (χ1) is 16.7. The largest absolute Gasteiger partial charge is 0.361 e. The molecule has 0 radical (unpaired) electrons. The molecule has 0 fully saturated rings. The molecule has 0 aliphatic carbocycles. The maximum atomic E-state index is 12.6. The predicted octanol–water partition coefficient (Wildman–Crippen LogP) is 3.80. The van der Waals surface area contributed by atoms with E-state index in [1.165, 1.54) is 16.7 Å². The maximum absolute atomic E-state index is 12.6. The highest BCUT2D eigenvalue weighted by Gasteiger charge is 2.26. The molecular formula is C27H28N4O2S. The number of benzene rings is 2. The van der Waals surface area contributed by atoms with Crippen LogP contribution in [0.2, 0.25) is 0 Å². The number of rotatable bonds is 7. The van der Waals surface area contributed by atoms with Gasteiger partial charge in [0, 0.05) is 43.3 Å². The Morgan fingerprint density at radius 3 is 2.65 bits per heavy atom. The Morgan fingerprint density at radius 1 is 1.00 bits per heavy atom. The number of para-hydroxylation sites is 1. The molecule has 5 rings (SSSR count). The molecule has 2 amide bonds. The molecule has 2 aromatic heterocycles. The van der Waals surface area contributed by atoms with Crippen LogP contribution in [0.4, 0.5) is 0 Å². The van der Waals surface area contributed by atoms with Crippen molar-refractivity contribution in [2.24, 2.45) is 0 Å². The molecule has 174 valence electrons. The van der Waals surface area contributed by atoms with Crippen molar-refractivity contribution >= 4 is 34.1 Å². The lowest BCUT2D eigenvalue weighted by Crippen LogP contribution is -2.45. The number of aromatic nitrogens is 1. The minimum atomic E-state index is -0.590. The summed E-state index contributed by atoms with van der Waals surface area (Å²) in [5, 5.41) is 11.0. The fraction of sp³-hybridized carbons (Fsp3) is 0.259. The first kappa shape index (κ1) is 22.4. The number of amides is 2. The van der Waals surface area contributed by atoms with Gasteiger partial charge in [-0.25, -0.2) is 0 Å². The Labute approximate surface area is 203 Å². The van der Waals surface area contributed by atoms with E-state index in [4.69, 9.17) is 0 Å². The first-order valence-electron chi connectivity index (χ1n) is 11.6. The van der Waals surface area contributed by atoms with Gasteiger partial charge in [0.15, 0.2) is 0 Å². The second-order valence-corrected chi connectivity index (χ2v) is 9.42. The van der Waals surface area contributed by atoms with Gasteiger partial charge < -0.3 is 15.6 Å². The number of H-pyrrole nitrogens is 1. The van der Waals surface area contributed by atoms with E-state index in [1.807, 2.05) is 24.4 Å². The van der Waals surface area contributed by atoms with Crippen LogP contribution in [0.5, 0.6) is 0 Å². The molecule has 34 heavy (non-hydrogen) atoms. The van der Waals surface area contributed by atoms with Crippen molar-refractivity contribution in [2.45, 2.75) is 25.4 Å². The molecular weight excluding hydrogens is 444 g/mol. The highest BCUT2D eigenvalue weighted by Crippen LogP contribution is 2.28. The lowest BCUT2D eigenvalue weighted by Gasteiger charge is -2.35. The predicted molar refractivity (Wildman–Crippen MR) is 136 cm³/mol. The molecule has 3 heterocycles. The van der Waals surface area contributed by atoms with Gasteiger partial charge in [0.2, 0.25) is 0 Å². The fourth-order valence-corrected chi connectivity index (χ4v) is 5.41. The number of aromatic amines is 1. The van der Waals surface area contributed by atoms with E-state index in [9.17, 15) is 9.59 Å². The lowest BCUT2D eigenvalue weighted by molar-refractivity contribution is -0.139. The average molecular weight is 473 g/mol. The summed E-state index contributed by atoms with van der Waals surface area (Å²) >= 11 is 1.65. The summed E-state index contributed by atoms with van der Waals surface area (Å²) in [6, 6.07) is 18.7. The van der Waals surface area contributed by atoms with E-state index in [0.717, 1.165) is 36.0 Å². The lowest BCUT2D eigenvalue weighted by atomic mass is 9.97. The molecule has 0 bridgehead atoms. The summed E-state index contributed by atoms with van der Waals surface area (Å²) in [4.78, 5) is 30.6. The molecule has 1 unspecified atom stereocenters. The van der Waals surface area contributed by atoms with Crippen molar-refractivity contribution in [1.29, 1.82) is 0 Å². The minimum absolute atomic E-state index is 0.0302. The van der Waals surface area contributed by atoms with E-state index in [1.54, 1.807) is 11.3 Å². The molecule has 1 aliphatic rings. The summed E-state index contributed by atoms with van der Waals surface area (Å²) in [7, 11) is 0. The number of hydrogen-bond acceptors (Lipinski definition) is 4. The van der Waals surface area contributed by atoms with Crippen LogP contribution in [0.15, 0.2) is 71.6 Å². The van der Waals surface area contributed by atoms with Gasteiger partial charge in [-0.05, 0) is 58.0 Å². The zero-order chi connectivity index (χ0) is 23.3. The Balaban J connectivity index is 1.16. The third-order valence-corrected chi connectivity index (χ3v) is 7.25. The van der Waals surface area contributed by atoms with Crippen LogP contribution in [0.3, 0.4) is 0 Å². The fourth-order valence-electron chi connectivity index (χ4n) is 4.71. The van der Waals surface area contributed by atoms with Crippen molar-refractivity contribution in [3.63, 3.8) is 0 Å². The van der Waals surface area contributed by atoms with Crippen LogP contribution in [0, 0.1) is 0 Å². The number of hydrogen-bond donors (Lipinski definition) is 3. The van der Waals surface area contributed by atoms with Gasteiger partial charge in [0.1, 0.15) is 0 Å². The zero-order valence-corrected chi connectivity index (χ0v) is 19.7. The zero-order valence-electron chi connectivity index (χ0n) is 18.9. The van der Waals surface area contributed by atoms with E-state index >= 15 is 0 Å². The minimum Gasteiger partial charge on any atom is -0.361 e. The summed E-state index contributed by atoms with van der Waals surface area (Å²) < 4.78 is 0. The van der Waals surface area contributed by atoms with Gasteiger partial charge in [-0.1, -0.05) is 42.5 Å². The van der Waals surface area contributed by atoms with Gasteiger partial charge in [0.25, 0.3) is 0 Å². The summed E-state index contributed by atoms with van der Waals surface area (Å²) in [6.45, 7) is 2.56. The van der Waals surface area contributed by atoms with Crippen molar-refractivity contribution < 1.29 is 9.59 Å². The normalized spacial score (nSPS) is 14.5. The molecule has 6 nitrogen and oxygen atoms in total. The highest BCUT2D eigenvalue weighted by molar-refractivity contribution is 7.08. The van der Waals surface area contributed by atoms with Crippen molar-refractivity contribution in [1.82, 2.24) is 20.5 Å². The molecule has 4 aromatic rings. The smallest absolute Gasteiger partial charge is 0.309 e. The van der Waals surface area contributed by atoms with Crippen LogP contribution in [0.1, 0.15) is 28.3 Å². The SMILES string of the molecule is O=C(NCCc1c[nH]c2ccccc12)C(=O)NCC(c1ccsc1)N1CCc2ccccc2C1. The van der Waals surface area contributed by atoms with Crippen LogP contribution in [-0.2, 0) is 29.0 Å². The molecule has 7 heteroatoms. The number of carbonyl (C=O) groups excluding carboxylic acids is 2. The number of nitrogens with zero attached hydrogens (tertiary/aromatic N) is 1. The standard InChI is InChI=1S/C27H28N4O2S/c32-26(28-12-9-20-15-29-24-8-4-3-7-23(20)24)27(33)30-16-25(22-11-14-34-18-22)31-13-10-19-5-1-2-6-21(19)17-31/h1-8,11,14-15,18,25,29H,9-10,12-13,16-17H2,(H,28,32)(H,30,33).